The largest absolute Gasteiger partial charge is 0.506 e. The molecule has 1 amide bonds. The number of phenols is 1. The zero-order valence-electron chi connectivity index (χ0n) is 24.7. The number of nitrogens with one attached hydrogen (secondary N) is 2. The number of phenolic OH excluding ortho intramolecular Hbond substituents is 1. The molecule has 0 aliphatic carbocycles. The molecule has 1 heterocycles. The van der Waals surface area contributed by atoms with E-state index in [9.17, 15) is 29.3 Å². The van der Waals surface area contributed by atoms with Crippen LogP contribution in [0.3, 0.4) is 0 Å². The van der Waals surface area contributed by atoms with Gasteiger partial charge in [0, 0.05) is 18.0 Å². The lowest BCUT2D eigenvalue weighted by atomic mass is 10.0. The molecule has 44 heavy (non-hydrogen) atoms. The molecule has 5 N–H and O–H groups in total. The smallest absolute Gasteiger partial charge is 0.412 e. The van der Waals surface area contributed by atoms with E-state index in [1.54, 1.807) is 18.2 Å². The molecule has 9 nitrogen and oxygen atoms in total. The number of halogens is 1. The average Bonchev–Trinajstić information content (AvgIpc) is 3.00. The van der Waals surface area contributed by atoms with E-state index in [0.717, 1.165) is 62.0 Å². The topological polar surface area (TPSA) is 135 Å². The van der Waals surface area contributed by atoms with Crippen LogP contribution in [0.1, 0.15) is 62.2 Å². The molecule has 0 spiro atoms. The van der Waals surface area contributed by atoms with E-state index in [1.165, 1.54) is 30.3 Å². The molecule has 0 saturated heterocycles. The summed E-state index contributed by atoms with van der Waals surface area (Å²) >= 11 is 0. The molecule has 4 rings (SSSR count). The van der Waals surface area contributed by atoms with Crippen LogP contribution in [-0.4, -0.2) is 46.1 Å². The fourth-order valence-electron chi connectivity index (χ4n) is 5.15. The van der Waals surface area contributed by atoms with Crippen LogP contribution in [0.4, 0.5) is 14.9 Å². The van der Waals surface area contributed by atoms with Crippen molar-refractivity contribution in [1.29, 1.82) is 0 Å². The van der Waals surface area contributed by atoms with Gasteiger partial charge >= 0.3 is 6.09 Å². The third-order valence-corrected chi connectivity index (χ3v) is 7.46. The Morgan fingerprint density at radius 2 is 1.68 bits per heavy atom. The highest BCUT2D eigenvalue weighted by Gasteiger charge is 2.16. The van der Waals surface area contributed by atoms with E-state index in [2.05, 4.69) is 10.3 Å². The second-order valence-corrected chi connectivity index (χ2v) is 10.8. The van der Waals surface area contributed by atoms with Crippen LogP contribution in [0.2, 0.25) is 0 Å². The maximum atomic E-state index is 13.6. The number of rotatable bonds is 17. The molecule has 234 valence electrons. The fourth-order valence-corrected chi connectivity index (χ4v) is 5.15. The van der Waals surface area contributed by atoms with Gasteiger partial charge in [0.25, 0.3) is 0 Å². The number of carboxylic acid groups (broad SMARTS) is 1. The highest BCUT2D eigenvalue weighted by atomic mass is 19.1. The SMILES string of the molecule is O=C(O)N(Cc1cccc(OCCCCCCCCCNC[C@H](O)c2ccc(O)c3[nH]c(=O)ccc23)c1)c1cccc(F)c1. The summed E-state index contributed by atoms with van der Waals surface area (Å²) in [6, 6.07) is 19.0. The van der Waals surface area contributed by atoms with Crippen molar-refractivity contribution < 1.29 is 29.2 Å². The first-order valence-corrected chi connectivity index (χ1v) is 15.0. The van der Waals surface area contributed by atoms with E-state index >= 15 is 0 Å². The summed E-state index contributed by atoms with van der Waals surface area (Å²) < 4.78 is 19.5. The number of nitrogens with zero attached hydrogens (tertiary/aromatic N) is 1. The number of aromatic hydroxyl groups is 1. The molecule has 0 fully saturated rings. The van der Waals surface area contributed by atoms with Gasteiger partial charge in [-0.05, 0) is 73.0 Å². The molecule has 4 aromatic rings. The lowest BCUT2D eigenvalue weighted by Crippen LogP contribution is -2.28. The van der Waals surface area contributed by atoms with Gasteiger partial charge in [-0.1, -0.05) is 56.4 Å². The van der Waals surface area contributed by atoms with Crippen LogP contribution in [0, 0.1) is 5.82 Å². The van der Waals surface area contributed by atoms with E-state index in [-0.39, 0.29) is 23.5 Å². The number of carbonyl (C=O) groups is 1. The number of aromatic nitrogens is 1. The second kappa shape index (κ2) is 16.4. The number of hydrogen-bond donors (Lipinski definition) is 5. The van der Waals surface area contributed by atoms with Gasteiger partial charge in [0.1, 0.15) is 17.3 Å². The Morgan fingerprint density at radius 3 is 2.45 bits per heavy atom. The van der Waals surface area contributed by atoms with Crippen LogP contribution >= 0.6 is 0 Å². The standard InChI is InChI=1S/C34H40FN3O6/c35-25-11-9-12-26(21-25)38(34(42)43)23-24-10-8-13-27(20-24)44-19-7-5-3-1-2-4-6-18-36-22-31(40)28-14-16-30(39)33-29(28)15-17-32(41)37-33/h8-17,20-21,31,36,39-40H,1-7,18-19,22-23H2,(H,37,41)(H,42,43)/t31-/m0/s1. The summed E-state index contributed by atoms with van der Waals surface area (Å²) in [4.78, 5) is 27.1. The summed E-state index contributed by atoms with van der Waals surface area (Å²) in [7, 11) is 0. The normalized spacial score (nSPS) is 11.9. The summed E-state index contributed by atoms with van der Waals surface area (Å²) in [5, 5.41) is 34.2. The summed E-state index contributed by atoms with van der Waals surface area (Å²) in [6.45, 7) is 1.84. The van der Waals surface area contributed by atoms with Gasteiger partial charge in [0.15, 0.2) is 0 Å². The van der Waals surface area contributed by atoms with Gasteiger partial charge in [-0.3, -0.25) is 9.69 Å². The fraction of sp³-hybridized carbons (Fsp3) is 0.353. The van der Waals surface area contributed by atoms with Crippen molar-refractivity contribution in [2.45, 2.75) is 57.6 Å². The summed E-state index contributed by atoms with van der Waals surface area (Å²) in [5.74, 6) is 0.168. The molecular weight excluding hydrogens is 565 g/mol. The number of aliphatic hydroxyl groups excluding tert-OH is 1. The highest BCUT2D eigenvalue weighted by Crippen LogP contribution is 2.28. The van der Waals surface area contributed by atoms with Crippen molar-refractivity contribution in [2.75, 3.05) is 24.6 Å². The number of pyridine rings is 1. The maximum absolute atomic E-state index is 13.6. The van der Waals surface area contributed by atoms with Gasteiger partial charge in [-0.2, -0.15) is 0 Å². The number of anilines is 1. The molecule has 0 radical (unpaired) electrons. The predicted molar refractivity (Wildman–Crippen MR) is 169 cm³/mol. The molecule has 1 aromatic heterocycles. The number of amides is 1. The Balaban J connectivity index is 1.06. The van der Waals surface area contributed by atoms with E-state index in [1.807, 2.05) is 24.3 Å². The van der Waals surface area contributed by atoms with Crippen LogP contribution in [0.25, 0.3) is 10.9 Å². The molecule has 10 heteroatoms. The first-order chi connectivity index (χ1) is 21.3. The van der Waals surface area contributed by atoms with Gasteiger partial charge in [0.2, 0.25) is 5.56 Å². The first-order valence-electron chi connectivity index (χ1n) is 15.0. The average molecular weight is 606 g/mol. The third-order valence-electron chi connectivity index (χ3n) is 7.46. The number of aromatic amines is 1. The number of hydrogen-bond acceptors (Lipinski definition) is 6. The van der Waals surface area contributed by atoms with E-state index < -0.39 is 18.0 Å². The van der Waals surface area contributed by atoms with E-state index in [4.69, 9.17) is 4.74 Å². The Morgan fingerprint density at radius 1 is 0.932 bits per heavy atom. The molecule has 1 atom stereocenters. The van der Waals surface area contributed by atoms with Crippen molar-refractivity contribution in [2.24, 2.45) is 0 Å². The first kappa shape index (κ1) is 32.5. The Kier molecular flexibility index (Phi) is 12.1. The van der Waals surface area contributed by atoms with Crippen molar-refractivity contribution in [3.05, 3.63) is 100 Å². The molecule has 0 saturated carbocycles. The second-order valence-electron chi connectivity index (χ2n) is 10.8. The zero-order valence-corrected chi connectivity index (χ0v) is 24.7. The summed E-state index contributed by atoms with van der Waals surface area (Å²) in [5.41, 5.74) is 1.71. The Bertz CT molecular complexity index is 1580. The Hall–Kier alpha value is -4.41. The van der Waals surface area contributed by atoms with Crippen molar-refractivity contribution in [3.63, 3.8) is 0 Å². The monoisotopic (exact) mass is 605 g/mol. The quantitative estimate of drug-likeness (QED) is 0.0869. The number of aliphatic hydroxyl groups is 1. The van der Waals surface area contributed by atoms with Crippen molar-refractivity contribution in [3.8, 4) is 11.5 Å². The lowest BCUT2D eigenvalue weighted by Gasteiger charge is -2.20. The molecule has 0 aliphatic rings. The minimum Gasteiger partial charge on any atom is -0.506 e. The Labute approximate surface area is 255 Å². The molecule has 0 unspecified atom stereocenters. The number of benzene rings is 3. The van der Waals surface area contributed by atoms with Crippen LogP contribution < -0.4 is 20.5 Å². The molecule has 0 aliphatic heterocycles. The minimum atomic E-state index is -1.16. The minimum absolute atomic E-state index is 0.0229. The van der Waals surface area contributed by atoms with Gasteiger partial charge in [-0.25, -0.2) is 9.18 Å². The van der Waals surface area contributed by atoms with Gasteiger partial charge in [-0.15, -0.1) is 0 Å². The van der Waals surface area contributed by atoms with Crippen molar-refractivity contribution in [1.82, 2.24) is 10.3 Å². The van der Waals surface area contributed by atoms with Crippen LogP contribution in [0.5, 0.6) is 11.5 Å². The van der Waals surface area contributed by atoms with Gasteiger partial charge in [0.05, 0.1) is 30.5 Å². The maximum Gasteiger partial charge on any atom is 0.412 e. The number of ether oxygens (including phenoxy) is 1. The number of fused-ring (bicyclic) bond motifs is 1. The highest BCUT2D eigenvalue weighted by molar-refractivity contribution is 5.87. The molecular formula is C34H40FN3O6. The van der Waals surface area contributed by atoms with Gasteiger partial charge < -0.3 is 30.4 Å². The lowest BCUT2D eigenvalue weighted by molar-refractivity contribution is 0.176. The van der Waals surface area contributed by atoms with Crippen LogP contribution in [0.15, 0.2) is 77.6 Å². The third kappa shape index (κ3) is 9.55. The molecule has 0 bridgehead atoms. The van der Waals surface area contributed by atoms with Crippen molar-refractivity contribution >= 4 is 22.7 Å². The predicted octanol–water partition coefficient (Wildman–Crippen LogP) is 6.49. The van der Waals surface area contributed by atoms with E-state index in [0.29, 0.717) is 35.4 Å². The number of unbranched alkanes of at least 4 members (excludes halogenated alkanes) is 6. The zero-order chi connectivity index (χ0) is 31.3. The van der Waals surface area contributed by atoms with Crippen LogP contribution in [-0.2, 0) is 6.54 Å². The summed E-state index contributed by atoms with van der Waals surface area (Å²) in [6.07, 6.45) is 5.57. The molecule has 3 aromatic carbocycles. The number of H-pyrrole nitrogens is 1.